The van der Waals surface area contributed by atoms with Gasteiger partial charge < -0.3 is 9.79 Å². The van der Waals surface area contributed by atoms with Crippen molar-refractivity contribution in [3.05, 3.63) is 0 Å². The van der Waals surface area contributed by atoms with Crippen LogP contribution >= 0.6 is 7.60 Å². The molecule has 0 saturated heterocycles. The fraction of sp³-hybridized carbons (Fsp3) is 1.00. The second-order valence-corrected chi connectivity index (χ2v) is 4.65. The third-order valence-corrected chi connectivity index (χ3v) is 2.19. The first-order chi connectivity index (χ1) is 5.47. The van der Waals surface area contributed by atoms with Crippen LogP contribution in [0.2, 0.25) is 0 Å². The molecule has 0 aromatic heterocycles. The third-order valence-electron chi connectivity index (χ3n) is 1.37. The summed E-state index contributed by atoms with van der Waals surface area (Å²) in [4.78, 5) is 15.9. The summed E-state index contributed by atoms with van der Waals surface area (Å²) >= 11 is 0. The van der Waals surface area contributed by atoms with Crippen molar-refractivity contribution >= 4 is 7.60 Å². The second kappa shape index (κ2) is 9.24. The Hall–Kier alpha value is 0.150. The highest BCUT2D eigenvalue weighted by molar-refractivity contribution is 7.51. The first kappa shape index (κ1) is 14.7. The topological polar surface area (TPSA) is 57.5 Å². The minimum Gasteiger partial charge on any atom is -0.324 e. The summed E-state index contributed by atoms with van der Waals surface area (Å²) in [6, 6.07) is 0. The predicted octanol–water partition coefficient (Wildman–Crippen LogP) is 2.77. The number of hydrogen-bond acceptors (Lipinski definition) is 1. The van der Waals surface area contributed by atoms with Crippen LogP contribution < -0.4 is 0 Å². The molecular weight excluding hydrogens is 175 g/mol. The molecule has 0 rings (SSSR count). The Labute approximate surface area is 75.4 Å². The summed E-state index contributed by atoms with van der Waals surface area (Å²) in [6.45, 7) is 5.91. The maximum atomic E-state index is 9.69. The van der Waals surface area contributed by atoms with Gasteiger partial charge in [-0.2, -0.15) is 0 Å². The molecule has 0 aromatic carbocycles. The second-order valence-electron chi connectivity index (χ2n) is 2.69. The largest absolute Gasteiger partial charge is 0.325 e. The number of rotatable bonds is 4. The molecule has 0 fully saturated rings. The average molecular weight is 196 g/mol. The van der Waals surface area contributed by atoms with Crippen LogP contribution in [0.25, 0.3) is 0 Å². The fourth-order valence-corrected chi connectivity index (χ4v) is 0.500. The van der Waals surface area contributed by atoms with E-state index < -0.39 is 7.60 Å². The Morgan fingerprint density at radius 1 is 1.00 bits per heavy atom. The molecule has 0 unspecified atom stereocenters. The Kier molecular flexibility index (Phi) is 11.3. The van der Waals surface area contributed by atoms with Crippen molar-refractivity contribution in [1.29, 1.82) is 0 Å². The van der Waals surface area contributed by atoms with E-state index in [-0.39, 0.29) is 6.16 Å². The highest BCUT2D eigenvalue weighted by atomic mass is 31.2. The van der Waals surface area contributed by atoms with Crippen LogP contribution in [0.15, 0.2) is 0 Å². The summed E-state index contributed by atoms with van der Waals surface area (Å²) < 4.78 is 9.69. The van der Waals surface area contributed by atoms with Crippen molar-refractivity contribution in [3.8, 4) is 0 Å². The summed E-state index contributed by atoms with van der Waals surface area (Å²) in [7, 11) is -3.65. The van der Waals surface area contributed by atoms with Crippen LogP contribution in [-0.2, 0) is 4.57 Å². The summed E-state index contributed by atoms with van der Waals surface area (Å²) in [5.74, 6) is 0. The van der Waals surface area contributed by atoms with E-state index in [4.69, 9.17) is 9.79 Å². The van der Waals surface area contributed by atoms with Crippen LogP contribution in [0.4, 0.5) is 0 Å². The minimum absolute atomic E-state index is 0.0625. The van der Waals surface area contributed by atoms with E-state index in [2.05, 4.69) is 13.8 Å². The van der Waals surface area contributed by atoms with Crippen molar-refractivity contribution < 1.29 is 14.4 Å². The van der Waals surface area contributed by atoms with Crippen molar-refractivity contribution in [2.75, 3.05) is 6.16 Å². The van der Waals surface area contributed by atoms with Crippen molar-refractivity contribution in [3.63, 3.8) is 0 Å². The lowest BCUT2D eigenvalue weighted by Crippen LogP contribution is -1.76. The monoisotopic (exact) mass is 196 g/mol. The van der Waals surface area contributed by atoms with Crippen molar-refractivity contribution in [2.24, 2.45) is 0 Å². The maximum absolute atomic E-state index is 9.69. The van der Waals surface area contributed by atoms with Gasteiger partial charge in [0, 0.05) is 6.16 Å². The molecule has 0 heterocycles. The Bertz CT molecular complexity index is 115. The molecule has 0 saturated carbocycles. The van der Waals surface area contributed by atoms with Gasteiger partial charge in [0.2, 0.25) is 0 Å². The predicted molar refractivity (Wildman–Crippen MR) is 52.4 cm³/mol. The first-order valence-corrected chi connectivity index (χ1v) is 6.32. The van der Waals surface area contributed by atoms with Gasteiger partial charge in [-0.25, -0.2) is 0 Å². The Morgan fingerprint density at radius 3 is 1.33 bits per heavy atom. The molecule has 0 bridgehead atoms. The third kappa shape index (κ3) is 22.5. The number of unbranched alkanes of at least 4 members (excludes halogenated alkanes) is 3. The molecule has 12 heavy (non-hydrogen) atoms. The first-order valence-electron chi connectivity index (χ1n) is 4.52. The molecule has 0 amide bonds. The molecule has 0 aliphatic rings. The van der Waals surface area contributed by atoms with Gasteiger partial charge in [-0.3, -0.25) is 4.57 Å². The molecule has 76 valence electrons. The summed E-state index contributed by atoms with van der Waals surface area (Å²) in [5, 5.41) is 0. The lowest BCUT2D eigenvalue weighted by atomic mass is 10.2. The molecule has 0 atom stereocenters. The highest BCUT2D eigenvalue weighted by Crippen LogP contribution is 2.32. The lowest BCUT2D eigenvalue weighted by molar-refractivity contribution is 0.375. The average Bonchev–Trinajstić information content (AvgIpc) is 2.01. The van der Waals surface area contributed by atoms with Crippen LogP contribution in [0, 0.1) is 0 Å². The van der Waals surface area contributed by atoms with Crippen molar-refractivity contribution in [2.45, 2.75) is 46.5 Å². The molecule has 0 radical (unpaired) electrons. The van der Waals surface area contributed by atoms with Crippen molar-refractivity contribution in [1.82, 2.24) is 0 Å². The molecule has 3 nitrogen and oxygen atoms in total. The molecular formula is C8H21O3P. The van der Waals surface area contributed by atoms with E-state index in [1.807, 2.05) is 0 Å². The van der Waals surface area contributed by atoms with Gasteiger partial charge in [-0.15, -0.1) is 0 Å². The maximum Gasteiger partial charge on any atom is 0.325 e. The SMILES string of the molecule is CCCCCC.CCP(=O)(O)O. The van der Waals surface area contributed by atoms with E-state index in [1.165, 1.54) is 32.6 Å². The van der Waals surface area contributed by atoms with E-state index in [0.29, 0.717) is 0 Å². The fourth-order valence-electron chi connectivity index (χ4n) is 0.500. The van der Waals surface area contributed by atoms with Crippen LogP contribution in [-0.4, -0.2) is 15.9 Å². The Morgan fingerprint density at radius 2 is 1.25 bits per heavy atom. The smallest absolute Gasteiger partial charge is 0.324 e. The molecule has 0 aliphatic carbocycles. The van der Waals surface area contributed by atoms with E-state index in [0.717, 1.165) is 0 Å². The Balaban J connectivity index is 0. The van der Waals surface area contributed by atoms with Crippen LogP contribution in [0.3, 0.4) is 0 Å². The molecule has 0 aromatic rings. The molecule has 0 spiro atoms. The minimum atomic E-state index is -3.65. The standard InChI is InChI=1S/C6H14.C2H7O3P/c1-3-5-6-4-2;1-2-6(3,4)5/h3-6H2,1-2H3;2H2,1H3,(H2,3,4,5). The lowest BCUT2D eigenvalue weighted by Gasteiger charge is -1.92. The quantitative estimate of drug-likeness (QED) is 0.537. The van der Waals surface area contributed by atoms with E-state index >= 15 is 0 Å². The van der Waals surface area contributed by atoms with Gasteiger partial charge in [0.25, 0.3) is 0 Å². The molecule has 0 aliphatic heterocycles. The summed E-state index contributed by atoms with van der Waals surface area (Å²) in [5.41, 5.74) is 0. The molecule has 4 heteroatoms. The zero-order valence-electron chi connectivity index (χ0n) is 8.29. The van der Waals surface area contributed by atoms with Gasteiger partial charge in [0.1, 0.15) is 0 Å². The normalized spacial score (nSPS) is 10.4. The summed E-state index contributed by atoms with van der Waals surface area (Å²) in [6.07, 6.45) is 5.47. The van der Waals surface area contributed by atoms with Crippen LogP contribution in [0.5, 0.6) is 0 Å². The zero-order valence-corrected chi connectivity index (χ0v) is 9.18. The van der Waals surface area contributed by atoms with E-state index in [1.54, 1.807) is 0 Å². The van der Waals surface area contributed by atoms with Crippen LogP contribution in [0.1, 0.15) is 46.5 Å². The zero-order chi connectivity index (χ0) is 10.0. The molecule has 2 N–H and O–H groups in total. The van der Waals surface area contributed by atoms with Gasteiger partial charge >= 0.3 is 7.60 Å². The van der Waals surface area contributed by atoms with Gasteiger partial charge in [0.05, 0.1) is 0 Å². The van der Waals surface area contributed by atoms with E-state index in [9.17, 15) is 4.57 Å². The highest BCUT2D eigenvalue weighted by Gasteiger charge is 2.05. The van der Waals surface area contributed by atoms with Gasteiger partial charge in [0.15, 0.2) is 0 Å². The van der Waals surface area contributed by atoms with Gasteiger partial charge in [-0.05, 0) is 0 Å². The van der Waals surface area contributed by atoms with Gasteiger partial charge in [-0.1, -0.05) is 46.5 Å². The number of hydrogen-bond donors (Lipinski definition) is 2.